The molecule has 1 saturated heterocycles. The lowest BCUT2D eigenvalue weighted by Crippen LogP contribution is -2.82. The first-order valence-corrected chi connectivity index (χ1v) is 19.0. The van der Waals surface area contributed by atoms with Crippen LogP contribution in [0.2, 0.25) is 18.1 Å². The van der Waals surface area contributed by atoms with Crippen molar-refractivity contribution in [1.82, 2.24) is 0 Å². The van der Waals surface area contributed by atoms with E-state index in [0.29, 0.717) is 23.3 Å². The maximum absolute atomic E-state index is 15.5. The molecule has 250 valence electrons. The van der Waals surface area contributed by atoms with Crippen molar-refractivity contribution < 1.29 is 43.2 Å². The van der Waals surface area contributed by atoms with Crippen molar-refractivity contribution in [2.75, 3.05) is 13.7 Å². The van der Waals surface area contributed by atoms with Gasteiger partial charge in [-0.15, -0.1) is 0 Å². The summed E-state index contributed by atoms with van der Waals surface area (Å²) in [5, 5.41) is 24.7. The summed E-state index contributed by atoms with van der Waals surface area (Å²) in [5.74, 6) is -1.16. The Hall–Kier alpha value is -2.08. The van der Waals surface area contributed by atoms with Gasteiger partial charge in [0.05, 0.1) is 30.1 Å². The van der Waals surface area contributed by atoms with Gasteiger partial charge >= 0.3 is 5.97 Å². The van der Waals surface area contributed by atoms with Crippen molar-refractivity contribution in [2.24, 2.45) is 16.7 Å². The van der Waals surface area contributed by atoms with Gasteiger partial charge < -0.3 is 33.6 Å². The molecule has 10 heteroatoms. The number of esters is 1. The van der Waals surface area contributed by atoms with Crippen molar-refractivity contribution in [3.05, 3.63) is 41.5 Å². The number of benzene rings is 1. The van der Waals surface area contributed by atoms with Crippen LogP contribution in [-0.2, 0) is 28.2 Å². The van der Waals surface area contributed by atoms with E-state index in [1.54, 1.807) is 12.1 Å². The minimum atomic E-state index is -2.31. The zero-order valence-corrected chi connectivity index (χ0v) is 29.3. The Balaban J connectivity index is 1.87. The Morgan fingerprint density at radius 2 is 1.71 bits per heavy atom. The molecule has 1 heterocycles. The number of ketones is 1. The molecule has 4 aliphatic rings. The quantitative estimate of drug-likeness (QED) is 0.218. The molecule has 0 aromatic heterocycles. The maximum atomic E-state index is 15.5. The molecule has 0 unspecified atom stereocenters. The normalized spacial score (nSPS) is 39.1. The topological polar surface area (TPSA) is 121 Å². The summed E-state index contributed by atoms with van der Waals surface area (Å²) in [7, 11) is -0.815. The van der Waals surface area contributed by atoms with E-state index in [0.717, 1.165) is 18.1 Å². The Bertz CT molecular complexity index is 1320. The van der Waals surface area contributed by atoms with Crippen molar-refractivity contribution in [2.45, 2.75) is 128 Å². The highest BCUT2D eigenvalue weighted by Gasteiger charge is 2.78. The lowest BCUT2D eigenvalue weighted by Gasteiger charge is -2.68. The summed E-state index contributed by atoms with van der Waals surface area (Å²) in [6, 6.07) is 11.8. The highest BCUT2D eigenvalue weighted by molar-refractivity contribution is 6.73. The highest BCUT2D eigenvalue weighted by Crippen LogP contribution is 2.64. The van der Waals surface area contributed by atoms with E-state index in [4.69, 9.17) is 23.4 Å². The Kier molecular flexibility index (Phi) is 9.03. The summed E-state index contributed by atoms with van der Waals surface area (Å²) in [5.41, 5.74) is -4.29. The molecular weight excluding hydrogens is 592 g/mol. The van der Waals surface area contributed by atoms with Gasteiger partial charge in [0.1, 0.15) is 29.7 Å². The molecule has 9 atom stereocenters. The van der Waals surface area contributed by atoms with Crippen molar-refractivity contribution in [3.8, 4) is 5.75 Å². The maximum Gasteiger partial charge on any atom is 0.303 e. The smallest absolute Gasteiger partial charge is 0.303 e. The van der Waals surface area contributed by atoms with Crippen LogP contribution in [0.5, 0.6) is 5.75 Å². The highest BCUT2D eigenvalue weighted by atomic mass is 28.4. The first kappa shape index (κ1) is 34.3. The van der Waals surface area contributed by atoms with Gasteiger partial charge in [0, 0.05) is 32.3 Å². The van der Waals surface area contributed by atoms with Gasteiger partial charge in [-0.25, -0.2) is 0 Å². The predicted octanol–water partition coefficient (Wildman–Crippen LogP) is 4.99. The molecule has 1 aromatic carbocycles. The fourth-order valence-electron chi connectivity index (χ4n) is 9.19. The number of rotatable bonds is 9. The lowest BCUT2D eigenvalue weighted by molar-refractivity contribution is -0.342. The molecule has 0 radical (unpaired) electrons. The molecule has 3 aliphatic carbocycles. The van der Waals surface area contributed by atoms with Gasteiger partial charge in [-0.1, -0.05) is 52.8 Å². The average molecular weight is 645 g/mol. The Labute approximate surface area is 268 Å². The van der Waals surface area contributed by atoms with Crippen molar-refractivity contribution in [1.29, 1.82) is 0 Å². The molecule has 3 fully saturated rings. The Morgan fingerprint density at radius 1 is 1.09 bits per heavy atom. The average Bonchev–Trinajstić information content (AvgIpc) is 3.00. The van der Waals surface area contributed by atoms with Crippen LogP contribution in [0.3, 0.4) is 0 Å². The SMILES string of the molecule is CC[Si](CC)(CC)O[C@H]1C[C@H]2OC[C@@]2(OC(C)=O)[C@H]2[C@H](Oc3ccccc3)[C@]3(O)C[C@H](O)C(C)=C([C@@H](OC)C(=O)[C@]12C)C3(C)C. The van der Waals surface area contributed by atoms with Gasteiger partial charge in [-0.3, -0.25) is 9.59 Å². The summed E-state index contributed by atoms with van der Waals surface area (Å²) in [6.45, 7) is 15.3. The van der Waals surface area contributed by atoms with Gasteiger partial charge in [0.2, 0.25) is 0 Å². The van der Waals surface area contributed by atoms with Crippen LogP contribution in [0.1, 0.15) is 68.2 Å². The first-order valence-electron chi connectivity index (χ1n) is 16.5. The number of hydrogen-bond donors (Lipinski definition) is 2. The van der Waals surface area contributed by atoms with Crippen LogP contribution in [0.25, 0.3) is 0 Å². The fourth-order valence-corrected chi connectivity index (χ4v) is 12.1. The Morgan fingerprint density at radius 3 is 2.22 bits per heavy atom. The second kappa shape index (κ2) is 11.9. The molecular formula is C35H52O9Si. The second-order valence-corrected chi connectivity index (χ2v) is 19.1. The summed E-state index contributed by atoms with van der Waals surface area (Å²) >= 11 is 0. The second-order valence-electron chi connectivity index (χ2n) is 14.4. The number of Topliss-reactive ketones (excluding diaryl/α,β-unsaturated/α-hetero) is 1. The van der Waals surface area contributed by atoms with Crippen molar-refractivity contribution in [3.63, 3.8) is 0 Å². The summed E-state index contributed by atoms with van der Waals surface area (Å²) in [4.78, 5) is 28.4. The van der Waals surface area contributed by atoms with Gasteiger partial charge in [0.15, 0.2) is 19.7 Å². The zero-order valence-electron chi connectivity index (χ0n) is 28.3. The van der Waals surface area contributed by atoms with Crippen LogP contribution in [0.4, 0.5) is 0 Å². The fraction of sp³-hybridized carbons (Fsp3) is 0.714. The monoisotopic (exact) mass is 644 g/mol. The summed E-state index contributed by atoms with van der Waals surface area (Å²) in [6.07, 6.45) is -4.14. The standard InChI is InChI=1S/C35H52O9Si/c1-10-45(11-2,12-3)44-25-18-26-34(20-41-26,43-22(5)36)29-31(42-23-16-14-13-15-17-23)35(39)19-24(37)21(4)27(32(35,6)7)28(40-9)30(38)33(25,29)8/h13-17,24-26,28-29,31,37,39H,10-12,18-20H2,1-9H3/t24-,25-,26+,28+,29-,31-,33+,34-,35+/m0/s1. The van der Waals surface area contributed by atoms with E-state index in [-0.39, 0.29) is 18.8 Å². The third-order valence-electron chi connectivity index (χ3n) is 12.2. The number of fused-ring (bicyclic) bond motifs is 5. The molecule has 1 aromatic rings. The number of hydrogen-bond acceptors (Lipinski definition) is 9. The van der Waals surface area contributed by atoms with Crippen LogP contribution in [-0.4, -0.2) is 85.7 Å². The number of carbonyl (C=O) groups excluding carboxylic acids is 2. The van der Waals surface area contributed by atoms with Gasteiger partial charge in [-0.2, -0.15) is 0 Å². The van der Waals surface area contributed by atoms with E-state index in [9.17, 15) is 15.0 Å². The molecule has 45 heavy (non-hydrogen) atoms. The molecule has 9 nitrogen and oxygen atoms in total. The molecule has 2 N–H and O–H groups in total. The number of para-hydroxylation sites is 1. The van der Waals surface area contributed by atoms with Crippen LogP contribution in [0, 0.1) is 16.7 Å². The predicted molar refractivity (Wildman–Crippen MR) is 171 cm³/mol. The number of methoxy groups -OCH3 is 1. The van der Waals surface area contributed by atoms with Crippen LogP contribution < -0.4 is 4.74 Å². The summed E-state index contributed by atoms with van der Waals surface area (Å²) < 4.78 is 32.7. The van der Waals surface area contributed by atoms with E-state index >= 15 is 4.79 Å². The van der Waals surface area contributed by atoms with Gasteiger partial charge in [-0.05, 0) is 55.3 Å². The largest absolute Gasteiger partial charge is 0.487 e. The molecule has 5 rings (SSSR count). The van der Waals surface area contributed by atoms with E-state index in [1.807, 2.05) is 45.9 Å². The molecule has 0 spiro atoms. The van der Waals surface area contributed by atoms with Crippen LogP contribution >= 0.6 is 0 Å². The lowest BCUT2D eigenvalue weighted by atomic mass is 9.44. The van der Waals surface area contributed by atoms with E-state index in [1.165, 1.54) is 14.0 Å². The molecule has 0 amide bonds. The third kappa shape index (κ3) is 4.89. The minimum absolute atomic E-state index is 0.0441. The van der Waals surface area contributed by atoms with Crippen molar-refractivity contribution >= 4 is 20.1 Å². The number of aliphatic hydroxyl groups is 2. The van der Waals surface area contributed by atoms with E-state index in [2.05, 4.69) is 20.8 Å². The minimum Gasteiger partial charge on any atom is -0.487 e. The molecule has 2 bridgehead atoms. The number of carbonyl (C=O) groups is 2. The third-order valence-corrected chi connectivity index (χ3v) is 16.9. The molecule has 2 saturated carbocycles. The zero-order chi connectivity index (χ0) is 33.2. The van der Waals surface area contributed by atoms with Gasteiger partial charge in [0.25, 0.3) is 0 Å². The number of ether oxygens (including phenoxy) is 4. The number of aliphatic hydroxyl groups excluding tert-OH is 1. The van der Waals surface area contributed by atoms with Crippen LogP contribution in [0.15, 0.2) is 41.5 Å². The molecule has 1 aliphatic heterocycles. The van der Waals surface area contributed by atoms with E-state index < -0.39 is 72.8 Å². The first-order chi connectivity index (χ1) is 21.1.